The first-order chi connectivity index (χ1) is 13.6. The van der Waals surface area contributed by atoms with Gasteiger partial charge in [-0.3, -0.25) is 9.38 Å². The minimum absolute atomic E-state index is 0.00353. The van der Waals surface area contributed by atoms with Crippen molar-refractivity contribution in [3.63, 3.8) is 0 Å². The normalized spacial score (nSPS) is 12.7. The molecule has 0 atom stereocenters. The van der Waals surface area contributed by atoms with Crippen LogP contribution in [-0.4, -0.2) is 33.5 Å². The van der Waals surface area contributed by atoms with E-state index in [-0.39, 0.29) is 33.2 Å². The minimum atomic E-state index is -4.53. The van der Waals surface area contributed by atoms with E-state index in [1.807, 2.05) is 0 Å². The maximum Gasteiger partial charge on any atom is 0.416 e. The van der Waals surface area contributed by atoms with E-state index >= 15 is 0 Å². The molecule has 0 aliphatic carbocycles. The number of benzene rings is 1. The van der Waals surface area contributed by atoms with Gasteiger partial charge in [0.1, 0.15) is 17.0 Å². The lowest BCUT2D eigenvalue weighted by atomic mass is 10.2. The minimum Gasteiger partial charge on any atom is -0.289 e. The van der Waals surface area contributed by atoms with E-state index < -0.39 is 21.6 Å². The number of hydrogen-bond donors (Lipinski definition) is 0. The highest BCUT2D eigenvalue weighted by atomic mass is 127. The fraction of sp³-hybridized carbons (Fsp3) is 0.167. The third-order valence-electron chi connectivity index (χ3n) is 4.33. The van der Waals surface area contributed by atoms with E-state index in [9.17, 15) is 21.6 Å². The molecular formula is C18H12F3IN4O2S. The summed E-state index contributed by atoms with van der Waals surface area (Å²) in [7, 11) is -3.71. The Morgan fingerprint density at radius 2 is 1.86 bits per heavy atom. The summed E-state index contributed by atoms with van der Waals surface area (Å²) in [4.78, 5) is 12.8. The Morgan fingerprint density at radius 3 is 2.55 bits per heavy atom. The molecule has 0 unspecified atom stereocenters. The van der Waals surface area contributed by atoms with Crippen molar-refractivity contribution in [1.82, 2.24) is 19.4 Å². The predicted molar refractivity (Wildman–Crippen MR) is 109 cm³/mol. The summed E-state index contributed by atoms with van der Waals surface area (Å²) in [6, 6.07) is 6.48. The maximum absolute atomic E-state index is 13.0. The second kappa shape index (κ2) is 6.90. The first-order valence-electron chi connectivity index (χ1n) is 8.35. The highest BCUT2D eigenvalue weighted by Gasteiger charge is 2.31. The molecule has 0 radical (unpaired) electrons. The molecule has 4 rings (SSSR count). The Labute approximate surface area is 176 Å². The monoisotopic (exact) mass is 532 g/mol. The number of imidazole rings is 1. The van der Waals surface area contributed by atoms with Gasteiger partial charge in [0.15, 0.2) is 14.9 Å². The van der Waals surface area contributed by atoms with Crippen molar-refractivity contribution in [1.29, 1.82) is 0 Å². The van der Waals surface area contributed by atoms with Crippen LogP contribution in [-0.2, 0) is 16.0 Å². The molecule has 0 fully saturated rings. The SMILES string of the molecule is CCS(=O)(=O)c1c(-c2cnc3ccc(C(F)(F)F)cc3n2)nc2ccc(I)cn12. The molecule has 0 N–H and O–H groups in total. The second-order valence-electron chi connectivity index (χ2n) is 6.20. The molecule has 3 heterocycles. The topological polar surface area (TPSA) is 77.2 Å². The highest BCUT2D eigenvalue weighted by Crippen LogP contribution is 2.32. The highest BCUT2D eigenvalue weighted by molar-refractivity contribution is 14.1. The Morgan fingerprint density at radius 1 is 1.10 bits per heavy atom. The van der Waals surface area contributed by atoms with Gasteiger partial charge >= 0.3 is 6.18 Å². The first kappa shape index (κ1) is 20.0. The van der Waals surface area contributed by atoms with Gasteiger partial charge in [0, 0.05) is 9.77 Å². The van der Waals surface area contributed by atoms with Crippen LogP contribution < -0.4 is 0 Å². The zero-order valence-corrected chi connectivity index (χ0v) is 17.7. The molecule has 4 aromatic rings. The molecule has 0 aliphatic rings. The number of rotatable bonds is 3. The molecule has 0 amide bonds. The molecule has 0 bridgehead atoms. The lowest BCUT2D eigenvalue weighted by molar-refractivity contribution is -0.137. The number of pyridine rings is 1. The van der Waals surface area contributed by atoms with Crippen molar-refractivity contribution < 1.29 is 21.6 Å². The van der Waals surface area contributed by atoms with E-state index in [0.29, 0.717) is 5.65 Å². The van der Waals surface area contributed by atoms with Gasteiger partial charge in [-0.05, 0) is 52.9 Å². The summed E-state index contributed by atoms with van der Waals surface area (Å²) in [5, 5.41) is -0.0610. The van der Waals surface area contributed by atoms with Gasteiger partial charge in [-0.1, -0.05) is 6.92 Å². The van der Waals surface area contributed by atoms with Gasteiger partial charge in [-0.2, -0.15) is 13.2 Å². The number of sulfone groups is 1. The molecular weight excluding hydrogens is 520 g/mol. The largest absolute Gasteiger partial charge is 0.416 e. The zero-order valence-electron chi connectivity index (χ0n) is 14.8. The number of hydrogen-bond acceptors (Lipinski definition) is 5. The van der Waals surface area contributed by atoms with E-state index in [1.165, 1.54) is 23.6 Å². The Hall–Kier alpha value is -2.28. The summed E-state index contributed by atoms with van der Waals surface area (Å²) < 4.78 is 66.9. The molecule has 29 heavy (non-hydrogen) atoms. The van der Waals surface area contributed by atoms with Crippen LogP contribution >= 0.6 is 22.6 Å². The number of alkyl halides is 3. The molecule has 0 spiro atoms. The number of fused-ring (bicyclic) bond motifs is 2. The molecule has 6 nitrogen and oxygen atoms in total. The van der Waals surface area contributed by atoms with Crippen LogP contribution in [0.15, 0.2) is 47.8 Å². The third-order valence-corrected chi connectivity index (χ3v) is 6.70. The summed E-state index contributed by atoms with van der Waals surface area (Å²) in [6.07, 6.45) is -1.58. The zero-order chi connectivity index (χ0) is 21.0. The van der Waals surface area contributed by atoms with E-state index in [0.717, 1.165) is 15.7 Å². The van der Waals surface area contributed by atoms with Gasteiger partial charge in [-0.15, -0.1) is 0 Å². The van der Waals surface area contributed by atoms with Crippen LogP contribution in [0.3, 0.4) is 0 Å². The van der Waals surface area contributed by atoms with E-state index in [2.05, 4.69) is 37.5 Å². The van der Waals surface area contributed by atoms with Gasteiger partial charge in [0.2, 0.25) is 0 Å². The molecule has 0 saturated heterocycles. The maximum atomic E-state index is 13.0. The lowest BCUT2D eigenvalue weighted by Crippen LogP contribution is -2.09. The van der Waals surface area contributed by atoms with Crippen LogP contribution in [0, 0.1) is 3.57 Å². The number of nitrogens with zero attached hydrogens (tertiary/aromatic N) is 4. The van der Waals surface area contributed by atoms with Gasteiger partial charge < -0.3 is 0 Å². The molecule has 0 saturated carbocycles. The Bertz CT molecular complexity index is 1370. The van der Waals surface area contributed by atoms with Crippen molar-refractivity contribution >= 4 is 49.1 Å². The molecule has 3 aromatic heterocycles. The van der Waals surface area contributed by atoms with Crippen molar-refractivity contribution in [3.05, 3.63) is 51.9 Å². The van der Waals surface area contributed by atoms with E-state index in [4.69, 9.17) is 0 Å². The van der Waals surface area contributed by atoms with Crippen LogP contribution in [0.2, 0.25) is 0 Å². The fourth-order valence-corrected chi connectivity index (χ4v) is 4.52. The van der Waals surface area contributed by atoms with E-state index in [1.54, 1.807) is 18.3 Å². The summed E-state index contributed by atoms with van der Waals surface area (Å²) in [5.74, 6) is -0.168. The Kier molecular flexibility index (Phi) is 4.76. The second-order valence-corrected chi connectivity index (χ2v) is 9.64. The fourth-order valence-electron chi connectivity index (χ4n) is 2.90. The lowest BCUT2D eigenvalue weighted by Gasteiger charge is -2.08. The van der Waals surface area contributed by atoms with Gasteiger partial charge in [0.05, 0.1) is 28.5 Å². The quantitative estimate of drug-likeness (QED) is 0.367. The third kappa shape index (κ3) is 3.56. The predicted octanol–water partition coefficient (Wildman–Crippen LogP) is 4.36. The van der Waals surface area contributed by atoms with Crippen LogP contribution in [0.5, 0.6) is 0 Å². The van der Waals surface area contributed by atoms with Crippen molar-refractivity contribution in [2.24, 2.45) is 0 Å². The average molecular weight is 532 g/mol. The number of aromatic nitrogens is 4. The molecule has 11 heteroatoms. The van der Waals surface area contributed by atoms with Crippen LogP contribution in [0.4, 0.5) is 13.2 Å². The number of halogens is 4. The average Bonchev–Trinajstić information content (AvgIpc) is 3.05. The summed E-state index contributed by atoms with van der Waals surface area (Å²) in [6.45, 7) is 1.51. The van der Waals surface area contributed by atoms with Gasteiger partial charge in [0.25, 0.3) is 0 Å². The first-order valence-corrected chi connectivity index (χ1v) is 11.1. The van der Waals surface area contributed by atoms with Crippen molar-refractivity contribution in [2.75, 3.05) is 5.75 Å². The summed E-state index contributed by atoms with van der Waals surface area (Å²) in [5.41, 5.74) is -0.0622. The molecule has 1 aromatic carbocycles. The van der Waals surface area contributed by atoms with Crippen LogP contribution in [0.1, 0.15) is 12.5 Å². The Balaban J connectivity index is 2.01. The molecule has 0 aliphatic heterocycles. The van der Waals surface area contributed by atoms with Crippen molar-refractivity contribution in [3.8, 4) is 11.4 Å². The van der Waals surface area contributed by atoms with Crippen molar-refractivity contribution in [2.45, 2.75) is 18.1 Å². The summed E-state index contributed by atoms with van der Waals surface area (Å²) >= 11 is 2.05. The van der Waals surface area contributed by atoms with Gasteiger partial charge in [-0.25, -0.2) is 18.4 Å². The van der Waals surface area contributed by atoms with Crippen LogP contribution in [0.25, 0.3) is 28.1 Å². The smallest absolute Gasteiger partial charge is 0.289 e. The standard InChI is InChI=1S/C18H12F3IN4O2S/c1-2-29(27,28)17-16(25-15-6-4-11(22)9-26(15)17)14-8-23-12-5-3-10(18(19,20)21)7-13(12)24-14/h3-9H,2H2,1H3. The molecule has 150 valence electrons.